The number of fused-ring (bicyclic) bond motifs is 4. The van der Waals surface area contributed by atoms with Gasteiger partial charge >= 0.3 is 30.0 Å². The first-order valence-electron chi connectivity index (χ1n) is 26.2. The first-order valence-corrected chi connectivity index (χ1v) is 26.2. The smallest absolute Gasteiger partial charge is 0.317 e. The highest BCUT2D eigenvalue weighted by molar-refractivity contribution is 5.97. The van der Waals surface area contributed by atoms with Gasteiger partial charge in [-0.3, -0.25) is 19.2 Å². The SMILES string of the molecule is O=C(NC1C2CC3CC(C2)CC1C3)N1CCC2(CC1)CNc1ccccc12.O=C(O)CCC(=O)N1CC2(CCN(C(=O)NC3C4CC5CC(C4)CC3C5)CC2)c2ccccc21.O=C1CCC(=O)O1. The second-order valence-electron chi connectivity index (χ2n) is 23.0. The van der Waals surface area contributed by atoms with Crippen molar-refractivity contribution in [2.75, 3.05) is 49.5 Å². The summed E-state index contributed by atoms with van der Waals surface area (Å²) < 4.78 is 4.08. The zero-order valence-corrected chi connectivity index (χ0v) is 39.5. The van der Waals surface area contributed by atoms with Crippen molar-refractivity contribution in [3.63, 3.8) is 0 Å². The van der Waals surface area contributed by atoms with E-state index in [0.29, 0.717) is 43.6 Å². The summed E-state index contributed by atoms with van der Waals surface area (Å²) in [5.41, 5.74) is 4.91. The third-order valence-electron chi connectivity index (χ3n) is 19.0. The van der Waals surface area contributed by atoms with Crippen LogP contribution in [0.5, 0.6) is 0 Å². The van der Waals surface area contributed by atoms with E-state index in [-0.39, 0.29) is 54.5 Å². The predicted octanol–water partition coefficient (Wildman–Crippen LogP) is 7.60. The molecule has 5 amide bonds. The molecular weight excluding hydrogens is 861 g/mol. The summed E-state index contributed by atoms with van der Waals surface area (Å²) in [6.45, 7) is 4.74. The average molecular weight is 931 g/mol. The Morgan fingerprint density at radius 1 is 0.603 bits per heavy atom. The predicted molar refractivity (Wildman–Crippen MR) is 255 cm³/mol. The van der Waals surface area contributed by atoms with Crippen LogP contribution >= 0.6 is 0 Å². The molecule has 8 bridgehead atoms. The van der Waals surface area contributed by atoms with Gasteiger partial charge in [-0.1, -0.05) is 36.4 Å². The lowest BCUT2D eigenvalue weighted by atomic mass is 9.54. The maximum atomic E-state index is 13.3. The Labute approximate surface area is 400 Å². The summed E-state index contributed by atoms with van der Waals surface area (Å²) in [6.07, 6.45) is 17.7. The second kappa shape index (κ2) is 18.3. The van der Waals surface area contributed by atoms with Gasteiger partial charge in [-0.25, -0.2) is 9.59 Å². The number of benzene rings is 2. The summed E-state index contributed by atoms with van der Waals surface area (Å²) >= 11 is 0. The number of amides is 5. The van der Waals surface area contributed by atoms with Crippen LogP contribution in [0.3, 0.4) is 0 Å². The van der Waals surface area contributed by atoms with Crippen molar-refractivity contribution in [3.8, 4) is 0 Å². The molecule has 0 aromatic heterocycles. The number of ether oxygens (including phenoxy) is 1. The van der Waals surface area contributed by atoms with Gasteiger partial charge in [-0.2, -0.15) is 0 Å². The minimum Gasteiger partial charge on any atom is -0.481 e. The van der Waals surface area contributed by atoms with Crippen molar-refractivity contribution in [2.24, 2.45) is 47.3 Å². The van der Waals surface area contributed by atoms with Crippen LogP contribution in [0.1, 0.15) is 127 Å². The monoisotopic (exact) mass is 931 g/mol. The minimum absolute atomic E-state index is 0.0136. The molecule has 0 radical (unpaired) electrons. The molecule has 4 N–H and O–H groups in total. The Hall–Kier alpha value is -5.14. The van der Waals surface area contributed by atoms with Crippen molar-refractivity contribution < 1.29 is 38.6 Å². The molecule has 8 aliphatic carbocycles. The molecule has 13 aliphatic rings. The number of hydrogen-bond donors (Lipinski definition) is 4. The second-order valence-corrected chi connectivity index (χ2v) is 23.0. The van der Waals surface area contributed by atoms with Gasteiger partial charge in [0.1, 0.15) is 0 Å². The summed E-state index contributed by atoms with van der Waals surface area (Å²) in [4.78, 5) is 76.0. The van der Waals surface area contributed by atoms with Crippen LogP contribution in [-0.4, -0.2) is 102 Å². The van der Waals surface area contributed by atoms with E-state index in [0.717, 1.165) is 86.5 Å². The van der Waals surface area contributed by atoms with E-state index < -0.39 is 17.9 Å². The Bertz CT molecular complexity index is 2230. The lowest BCUT2D eigenvalue weighted by Crippen LogP contribution is -2.59. The number of esters is 2. The molecule has 5 heterocycles. The standard InChI is InChI=1S/C27H35N3O4.C23H31N3O.C4H4O3/c31-23(5-6-24(32)33)30-16-27(21-3-1-2-4-22(21)30)7-9-29(10-8-27)26(34)28-25-19-12-17-11-18(14-19)15-20(25)13-17;27-22(25-21-17-10-15-9-16(12-17)13-18(21)11-15)26-7-5-23(6-8-26)14-24-20-4-2-1-3-19(20)23;5-3-1-2-4(6)7-3/h1-4,17-20,25H,5-16H2,(H,28,34)(H,32,33);1-4,15-18,21,24H,5-14H2,(H,25,27);1-2H2. The van der Waals surface area contributed by atoms with Crippen molar-refractivity contribution in [1.29, 1.82) is 0 Å². The highest BCUT2D eigenvalue weighted by Gasteiger charge is 2.52. The minimum atomic E-state index is -0.950. The first kappa shape index (κ1) is 45.3. The zero-order valence-electron chi connectivity index (χ0n) is 39.5. The molecule has 0 unspecified atom stereocenters. The number of piperidine rings is 2. The van der Waals surface area contributed by atoms with E-state index in [9.17, 15) is 28.8 Å². The van der Waals surface area contributed by atoms with E-state index in [1.807, 2.05) is 23.1 Å². The molecule has 2 spiro atoms. The Morgan fingerprint density at radius 3 is 1.53 bits per heavy atom. The topological polar surface area (TPSA) is 178 Å². The van der Waals surface area contributed by atoms with Crippen LogP contribution in [0.15, 0.2) is 48.5 Å². The highest BCUT2D eigenvalue weighted by Crippen LogP contribution is 2.55. The van der Waals surface area contributed by atoms with E-state index in [1.165, 1.54) is 81.0 Å². The number of carboxylic acid groups (broad SMARTS) is 1. The number of rotatable bonds is 5. The van der Waals surface area contributed by atoms with Gasteiger partial charge in [-0.15, -0.1) is 0 Å². The normalized spacial score (nSPS) is 33.4. The summed E-state index contributed by atoms with van der Waals surface area (Å²) in [5, 5.41) is 19.5. The average Bonchev–Trinajstić information content (AvgIpc) is 4.00. The molecule has 14 nitrogen and oxygen atoms in total. The number of likely N-dealkylation sites (tertiary alicyclic amines) is 2. The van der Waals surface area contributed by atoms with Crippen molar-refractivity contribution in [2.45, 2.75) is 138 Å². The van der Waals surface area contributed by atoms with Crippen molar-refractivity contribution in [3.05, 3.63) is 59.7 Å². The third kappa shape index (κ3) is 8.75. The molecule has 364 valence electrons. The van der Waals surface area contributed by atoms with Gasteiger partial charge in [0, 0.05) is 80.0 Å². The molecule has 11 fully saturated rings. The largest absolute Gasteiger partial charge is 0.481 e. The number of carboxylic acids is 1. The highest BCUT2D eigenvalue weighted by atomic mass is 16.6. The van der Waals surface area contributed by atoms with Gasteiger partial charge in [0.15, 0.2) is 0 Å². The number of anilines is 2. The lowest BCUT2D eigenvalue weighted by molar-refractivity contribution is -0.152. The van der Waals surface area contributed by atoms with E-state index in [1.54, 1.807) is 4.90 Å². The first-order chi connectivity index (χ1) is 32.9. The van der Waals surface area contributed by atoms with Gasteiger partial charge in [-0.05, 0) is 160 Å². The molecule has 5 aliphatic heterocycles. The lowest BCUT2D eigenvalue weighted by Gasteiger charge is -2.54. The fourth-order valence-corrected chi connectivity index (χ4v) is 16.0. The number of cyclic esters (lactones) is 2. The van der Waals surface area contributed by atoms with Crippen LogP contribution in [0.25, 0.3) is 0 Å². The van der Waals surface area contributed by atoms with Gasteiger partial charge < -0.3 is 40.5 Å². The van der Waals surface area contributed by atoms with E-state index in [4.69, 9.17) is 5.11 Å². The van der Waals surface area contributed by atoms with Crippen molar-refractivity contribution >= 4 is 47.3 Å². The molecule has 68 heavy (non-hydrogen) atoms. The Balaban J connectivity index is 0.000000133. The quantitative estimate of drug-likeness (QED) is 0.174. The van der Waals surface area contributed by atoms with Crippen molar-refractivity contribution in [1.82, 2.24) is 20.4 Å². The summed E-state index contributed by atoms with van der Waals surface area (Å²) in [6, 6.07) is 17.8. The molecule has 2 aromatic carbocycles. The number of hydrogen-bond acceptors (Lipinski definition) is 8. The number of aliphatic carboxylic acids is 1. The van der Waals surface area contributed by atoms with Crippen LogP contribution < -0.4 is 20.9 Å². The fraction of sp³-hybridized carbons (Fsp3) is 0.667. The third-order valence-corrected chi connectivity index (χ3v) is 19.0. The number of carbonyl (C=O) groups is 6. The van der Waals surface area contributed by atoms with Gasteiger partial charge in [0.05, 0.1) is 19.3 Å². The van der Waals surface area contributed by atoms with Gasteiger partial charge in [0.25, 0.3) is 0 Å². The van der Waals surface area contributed by atoms with E-state index in [2.05, 4.69) is 55.9 Å². The molecule has 2 aromatic rings. The molecule has 0 atom stereocenters. The Morgan fingerprint density at radius 2 is 1.06 bits per heavy atom. The van der Waals surface area contributed by atoms with Crippen LogP contribution in [0.4, 0.5) is 21.0 Å². The summed E-state index contributed by atoms with van der Waals surface area (Å²) in [5.74, 6) is 4.70. The number of para-hydroxylation sites is 2. The van der Waals surface area contributed by atoms with Crippen LogP contribution in [0, 0.1) is 47.3 Å². The van der Waals surface area contributed by atoms with Crippen LogP contribution in [-0.2, 0) is 34.7 Å². The number of nitrogens with zero attached hydrogens (tertiary/aromatic N) is 3. The maximum absolute atomic E-state index is 13.3. The summed E-state index contributed by atoms with van der Waals surface area (Å²) in [7, 11) is 0. The molecule has 14 heteroatoms. The van der Waals surface area contributed by atoms with E-state index >= 15 is 0 Å². The molecular formula is C54H70N6O8. The fourth-order valence-electron chi connectivity index (χ4n) is 16.0. The van der Waals surface area contributed by atoms with Crippen LogP contribution in [0.2, 0.25) is 0 Å². The molecule has 8 saturated carbocycles. The number of nitrogens with one attached hydrogen (secondary N) is 3. The molecule has 3 saturated heterocycles. The molecule has 15 rings (SSSR count). The van der Waals surface area contributed by atoms with Gasteiger partial charge in [0.2, 0.25) is 5.91 Å². The number of urea groups is 2. The maximum Gasteiger partial charge on any atom is 0.317 e. The zero-order chi connectivity index (χ0) is 46.7. The number of carbonyl (C=O) groups excluding carboxylic acids is 5. The Kier molecular flexibility index (Phi) is 12.2.